The van der Waals surface area contributed by atoms with E-state index in [9.17, 15) is 18.5 Å². The van der Waals surface area contributed by atoms with Gasteiger partial charge < -0.3 is 9.15 Å². The summed E-state index contributed by atoms with van der Waals surface area (Å²) in [6, 6.07) is 8.91. The summed E-state index contributed by atoms with van der Waals surface area (Å²) in [5, 5.41) is 11.8. The number of methoxy groups -OCH3 is 1. The summed E-state index contributed by atoms with van der Waals surface area (Å²) in [7, 11) is -2.60. The van der Waals surface area contributed by atoms with Crippen LogP contribution in [0.3, 0.4) is 0 Å². The summed E-state index contributed by atoms with van der Waals surface area (Å²) >= 11 is 11.3. The molecule has 10 nitrogen and oxygen atoms in total. The molecule has 0 amide bonds. The van der Waals surface area contributed by atoms with Crippen LogP contribution in [0.1, 0.15) is 0 Å². The fourth-order valence-electron chi connectivity index (χ4n) is 3.61. The summed E-state index contributed by atoms with van der Waals surface area (Å²) in [5.41, 5.74) is 0.998. The average molecular weight is 499 g/mol. The molecule has 170 valence electrons. The van der Waals surface area contributed by atoms with Crippen molar-refractivity contribution >= 4 is 50.6 Å². The number of sulfonamides is 1. The largest absolute Gasteiger partial charge is 0.490 e. The first kappa shape index (κ1) is 22.7. The molecule has 32 heavy (non-hydrogen) atoms. The molecule has 3 aromatic rings. The molecule has 0 radical (unpaired) electrons. The van der Waals surface area contributed by atoms with E-state index in [-0.39, 0.29) is 23.7 Å². The lowest BCUT2D eigenvalue weighted by molar-refractivity contribution is -0.386. The van der Waals surface area contributed by atoms with Crippen LogP contribution in [0.5, 0.6) is 5.75 Å². The van der Waals surface area contributed by atoms with Crippen LogP contribution in [0.25, 0.3) is 11.1 Å². The van der Waals surface area contributed by atoms with Crippen molar-refractivity contribution in [1.82, 2.24) is 13.8 Å². The minimum Gasteiger partial charge on any atom is -0.490 e. The van der Waals surface area contributed by atoms with Crippen molar-refractivity contribution in [2.45, 2.75) is 11.6 Å². The minimum atomic E-state index is -3.89. The van der Waals surface area contributed by atoms with Gasteiger partial charge in [-0.05, 0) is 36.5 Å². The van der Waals surface area contributed by atoms with E-state index in [0.717, 1.165) is 11.6 Å². The van der Waals surface area contributed by atoms with Gasteiger partial charge in [0.25, 0.3) is 4.84 Å². The van der Waals surface area contributed by atoms with E-state index in [2.05, 4.69) is 4.90 Å². The van der Waals surface area contributed by atoms with E-state index < -0.39 is 20.6 Å². The lowest BCUT2D eigenvalue weighted by Gasteiger charge is -2.34. The van der Waals surface area contributed by atoms with Gasteiger partial charge in [0, 0.05) is 43.3 Å². The van der Waals surface area contributed by atoms with E-state index in [4.69, 9.17) is 33.0 Å². The quantitative estimate of drug-likeness (QED) is 0.288. The second-order valence-corrected chi connectivity index (χ2v) is 9.89. The van der Waals surface area contributed by atoms with Crippen molar-refractivity contribution in [2.24, 2.45) is 0 Å². The smallest absolute Gasteiger partial charge is 0.312 e. The molecular formula is C19H19ClN4O6S2. The number of halogens is 1. The van der Waals surface area contributed by atoms with Crippen LogP contribution in [0, 0.1) is 15.0 Å². The number of nitro groups is 1. The molecule has 13 heteroatoms. The maximum Gasteiger partial charge on any atom is 0.312 e. The van der Waals surface area contributed by atoms with Gasteiger partial charge in [-0.2, -0.15) is 4.31 Å². The number of nitrogens with zero attached hydrogens (tertiary/aromatic N) is 4. The minimum absolute atomic E-state index is 0.00383. The number of piperazine rings is 1. The number of rotatable bonds is 6. The standard InChI is InChI=1S/C19H19ClN4O6S2/c1-29-17-5-3-14(11-16(17)24(25)26)32(27,28)22-8-6-21(7-9-22)12-23-15-4-2-13(20)10-18(15)30-19(23)31/h2-5,10-11H,6-9,12H2,1H3. The number of oxazole rings is 1. The number of hydrogen-bond donors (Lipinski definition) is 0. The van der Waals surface area contributed by atoms with Crippen molar-refractivity contribution < 1.29 is 22.5 Å². The number of nitro benzene ring substituents is 1. The van der Waals surface area contributed by atoms with E-state index in [1.807, 2.05) is 10.6 Å². The van der Waals surface area contributed by atoms with Gasteiger partial charge in [0.05, 0.1) is 29.1 Å². The van der Waals surface area contributed by atoms with Crippen LogP contribution < -0.4 is 4.74 Å². The van der Waals surface area contributed by atoms with Crippen LogP contribution in [-0.4, -0.2) is 60.4 Å². The van der Waals surface area contributed by atoms with Crippen LogP contribution in [0.15, 0.2) is 45.7 Å². The summed E-state index contributed by atoms with van der Waals surface area (Å²) < 4.78 is 39.8. The predicted octanol–water partition coefficient (Wildman–Crippen LogP) is 3.50. The lowest BCUT2D eigenvalue weighted by Crippen LogP contribution is -2.48. The Morgan fingerprint density at radius 1 is 1.19 bits per heavy atom. The number of hydrogen-bond acceptors (Lipinski definition) is 8. The van der Waals surface area contributed by atoms with Gasteiger partial charge >= 0.3 is 5.69 Å². The molecular weight excluding hydrogens is 480 g/mol. The SMILES string of the molecule is COc1ccc(S(=O)(=O)N2CCN(Cn3c(=S)oc4cc(Cl)ccc43)CC2)cc1[N+](=O)[O-]. The molecule has 1 aliphatic heterocycles. The molecule has 0 atom stereocenters. The molecule has 0 unspecified atom stereocenters. The Labute approximate surface area is 193 Å². The normalized spacial score (nSPS) is 15.8. The van der Waals surface area contributed by atoms with Gasteiger partial charge in [0.2, 0.25) is 10.0 Å². The second-order valence-electron chi connectivity index (χ2n) is 7.16. The molecule has 4 rings (SSSR count). The fraction of sp³-hybridized carbons (Fsp3) is 0.316. The summed E-state index contributed by atoms with van der Waals surface area (Å²) in [4.78, 5) is 12.8. The summed E-state index contributed by atoms with van der Waals surface area (Å²) in [6.07, 6.45) is 0. The molecule has 2 heterocycles. The van der Waals surface area contributed by atoms with Crippen molar-refractivity contribution in [3.05, 3.63) is 56.4 Å². The van der Waals surface area contributed by atoms with Crippen LogP contribution in [0.4, 0.5) is 5.69 Å². The third kappa shape index (κ3) is 4.24. The van der Waals surface area contributed by atoms with Gasteiger partial charge in [0.15, 0.2) is 11.3 Å². The topological polar surface area (TPSA) is 111 Å². The van der Waals surface area contributed by atoms with Gasteiger partial charge in [-0.3, -0.25) is 19.6 Å². The molecule has 0 saturated carbocycles. The second kappa shape index (κ2) is 8.79. The van der Waals surface area contributed by atoms with Crippen LogP contribution >= 0.6 is 23.8 Å². The first-order valence-corrected chi connectivity index (χ1v) is 11.8. The average Bonchev–Trinajstić information content (AvgIpc) is 3.07. The highest BCUT2D eigenvalue weighted by Crippen LogP contribution is 2.31. The first-order valence-electron chi connectivity index (χ1n) is 9.54. The summed E-state index contributed by atoms with van der Waals surface area (Å²) in [6.45, 7) is 1.82. The molecule has 2 aromatic carbocycles. The van der Waals surface area contributed by atoms with Crippen LogP contribution in [-0.2, 0) is 16.7 Å². The van der Waals surface area contributed by atoms with Gasteiger partial charge in [-0.15, -0.1) is 0 Å². The molecule has 0 bridgehead atoms. The maximum absolute atomic E-state index is 13.0. The van der Waals surface area contributed by atoms with E-state index in [1.54, 1.807) is 12.1 Å². The van der Waals surface area contributed by atoms with Crippen molar-refractivity contribution in [1.29, 1.82) is 0 Å². The molecule has 1 fully saturated rings. The zero-order valence-corrected chi connectivity index (χ0v) is 19.3. The van der Waals surface area contributed by atoms with Crippen molar-refractivity contribution in [3.63, 3.8) is 0 Å². The Balaban J connectivity index is 1.49. The molecule has 0 aliphatic carbocycles. The first-order chi connectivity index (χ1) is 15.2. The Morgan fingerprint density at radius 2 is 1.91 bits per heavy atom. The van der Waals surface area contributed by atoms with E-state index in [1.165, 1.54) is 23.5 Å². The van der Waals surface area contributed by atoms with E-state index >= 15 is 0 Å². The number of aromatic nitrogens is 1. The van der Waals surface area contributed by atoms with Crippen molar-refractivity contribution in [3.8, 4) is 5.75 Å². The highest BCUT2D eigenvalue weighted by atomic mass is 35.5. The highest BCUT2D eigenvalue weighted by molar-refractivity contribution is 7.89. The molecule has 0 N–H and O–H groups in total. The third-order valence-electron chi connectivity index (χ3n) is 5.29. The van der Waals surface area contributed by atoms with Gasteiger partial charge in [0.1, 0.15) is 0 Å². The predicted molar refractivity (Wildman–Crippen MR) is 120 cm³/mol. The Morgan fingerprint density at radius 3 is 2.56 bits per heavy atom. The lowest BCUT2D eigenvalue weighted by atomic mass is 10.3. The molecule has 1 aliphatic rings. The number of fused-ring (bicyclic) bond motifs is 1. The van der Waals surface area contributed by atoms with E-state index in [0.29, 0.717) is 35.2 Å². The van der Waals surface area contributed by atoms with Crippen LogP contribution in [0.2, 0.25) is 5.02 Å². The molecule has 0 spiro atoms. The Bertz CT molecular complexity index is 1350. The van der Waals surface area contributed by atoms with Gasteiger partial charge in [-0.1, -0.05) is 11.6 Å². The maximum atomic E-state index is 13.0. The fourth-order valence-corrected chi connectivity index (χ4v) is 5.46. The Hall–Kier alpha value is -2.51. The Kier molecular flexibility index (Phi) is 6.23. The number of benzene rings is 2. The third-order valence-corrected chi connectivity index (χ3v) is 7.72. The monoisotopic (exact) mass is 498 g/mol. The zero-order chi connectivity index (χ0) is 23.0. The zero-order valence-electron chi connectivity index (χ0n) is 16.9. The summed E-state index contributed by atoms with van der Waals surface area (Å²) in [5.74, 6) is 0.00383. The number of ether oxygens (including phenoxy) is 1. The molecule has 1 saturated heterocycles. The van der Waals surface area contributed by atoms with Gasteiger partial charge in [-0.25, -0.2) is 8.42 Å². The highest BCUT2D eigenvalue weighted by Gasteiger charge is 2.31. The molecule has 1 aromatic heterocycles. The van der Waals surface area contributed by atoms with Crippen molar-refractivity contribution in [2.75, 3.05) is 33.3 Å².